The molecule has 1 aromatic heterocycles. The predicted molar refractivity (Wildman–Crippen MR) is 146 cm³/mol. The Morgan fingerprint density at radius 2 is 1.85 bits per heavy atom. The summed E-state index contributed by atoms with van der Waals surface area (Å²) in [5, 5.41) is 16.3. The largest absolute Gasteiger partial charge is 0.494 e. The highest BCUT2D eigenvalue weighted by Crippen LogP contribution is 2.37. The molecule has 39 heavy (non-hydrogen) atoms. The van der Waals surface area contributed by atoms with Gasteiger partial charge in [-0.2, -0.15) is 10.4 Å². The van der Waals surface area contributed by atoms with E-state index >= 15 is 0 Å². The first-order chi connectivity index (χ1) is 18.9. The number of hydrogen-bond acceptors (Lipinski definition) is 9. The second-order valence-corrected chi connectivity index (χ2v) is 9.54. The summed E-state index contributed by atoms with van der Waals surface area (Å²) in [7, 11) is 1.43. The number of carbonyl (C=O) groups is 3. The average Bonchev–Trinajstić information content (AvgIpc) is 3.30. The lowest BCUT2D eigenvalue weighted by molar-refractivity contribution is -0.136. The molecule has 1 aliphatic rings. The molecule has 200 valence electrons. The lowest BCUT2D eigenvalue weighted by Crippen LogP contribution is -2.32. The number of benzene rings is 2. The number of nitrogens with zero attached hydrogens (tertiary/aromatic N) is 2. The van der Waals surface area contributed by atoms with E-state index in [1.807, 2.05) is 6.92 Å². The van der Waals surface area contributed by atoms with E-state index in [0.717, 1.165) is 36.1 Å². The molecule has 0 aliphatic heterocycles. The van der Waals surface area contributed by atoms with Gasteiger partial charge in [0, 0.05) is 4.88 Å². The molecular weight excluding hydrogens is 520 g/mol. The Morgan fingerprint density at radius 1 is 1.08 bits per heavy atom. The van der Waals surface area contributed by atoms with Crippen molar-refractivity contribution in [2.24, 2.45) is 5.10 Å². The Balaban J connectivity index is 1.35. The van der Waals surface area contributed by atoms with Gasteiger partial charge in [-0.15, -0.1) is 11.3 Å². The maximum absolute atomic E-state index is 12.5. The molecule has 1 aliphatic carbocycles. The van der Waals surface area contributed by atoms with Gasteiger partial charge in [0.1, 0.15) is 16.8 Å². The second kappa shape index (κ2) is 12.7. The minimum Gasteiger partial charge on any atom is -0.494 e. The highest BCUT2D eigenvalue weighted by Gasteiger charge is 2.23. The van der Waals surface area contributed by atoms with E-state index in [-0.39, 0.29) is 11.5 Å². The van der Waals surface area contributed by atoms with Crippen molar-refractivity contribution in [3.63, 3.8) is 0 Å². The average molecular weight is 547 g/mol. The number of anilines is 1. The van der Waals surface area contributed by atoms with Crippen LogP contribution in [0.3, 0.4) is 0 Å². The summed E-state index contributed by atoms with van der Waals surface area (Å²) >= 11 is 1.34. The van der Waals surface area contributed by atoms with Crippen molar-refractivity contribution in [2.45, 2.75) is 32.6 Å². The van der Waals surface area contributed by atoms with Crippen LogP contribution < -0.4 is 25.0 Å². The van der Waals surface area contributed by atoms with Crippen LogP contribution in [0.2, 0.25) is 0 Å². The Kier molecular flexibility index (Phi) is 8.91. The monoisotopic (exact) mass is 546 g/mol. The summed E-state index contributed by atoms with van der Waals surface area (Å²) in [5.74, 6) is -1.35. The van der Waals surface area contributed by atoms with Crippen LogP contribution in [-0.2, 0) is 22.4 Å². The number of hydrogen-bond donors (Lipinski definition) is 2. The SMILES string of the molecule is CCOc1ccc(C(=O)Oc2ccc(/C=N/NC(=O)C(=O)Nc3sc4c(c3C#N)CCCC4)cc2OC)cc1. The van der Waals surface area contributed by atoms with Gasteiger partial charge in [0.15, 0.2) is 11.5 Å². The maximum Gasteiger partial charge on any atom is 0.343 e. The van der Waals surface area contributed by atoms with Crippen LogP contribution in [0.4, 0.5) is 5.00 Å². The van der Waals surface area contributed by atoms with Gasteiger partial charge in [-0.1, -0.05) is 0 Å². The standard InChI is InChI=1S/C28H26N4O6S/c1-3-37-19-11-9-18(10-12-19)28(35)38-22-13-8-17(14-23(22)36-2)16-30-32-26(34)25(33)31-27-21(15-29)20-6-4-5-7-24(20)39-27/h8-14,16H,3-7H2,1-2H3,(H,31,33)(H,32,34)/b30-16+. The van der Waals surface area contributed by atoms with Crippen molar-refractivity contribution in [1.82, 2.24) is 5.43 Å². The summed E-state index contributed by atoms with van der Waals surface area (Å²) in [5.41, 5.74) is 4.43. The number of nitrogens with one attached hydrogen (secondary N) is 2. The second-order valence-electron chi connectivity index (χ2n) is 8.44. The molecule has 2 amide bonds. The van der Waals surface area contributed by atoms with E-state index in [0.29, 0.717) is 34.0 Å². The molecule has 2 aromatic carbocycles. The lowest BCUT2D eigenvalue weighted by atomic mass is 9.96. The third-order valence-corrected chi connectivity index (χ3v) is 7.09. The van der Waals surface area contributed by atoms with Crippen molar-refractivity contribution < 1.29 is 28.6 Å². The van der Waals surface area contributed by atoms with Gasteiger partial charge in [-0.05, 0) is 86.2 Å². The molecule has 11 heteroatoms. The third kappa shape index (κ3) is 6.61. The molecule has 4 rings (SSSR count). The fourth-order valence-corrected chi connectivity index (χ4v) is 5.24. The highest BCUT2D eigenvalue weighted by atomic mass is 32.1. The van der Waals surface area contributed by atoms with Gasteiger partial charge < -0.3 is 19.5 Å². The van der Waals surface area contributed by atoms with Crippen molar-refractivity contribution in [1.29, 1.82) is 5.26 Å². The van der Waals surface area contributed by atoms with Crippen molar-refractivity contribution in [3.8, 4) is 23.3 Å². The summed E-state index contributed by atoms with van der Waals surface area (Å²) in [6, 6.07) is 13.4. The van der Waals surface area contributed by atoms with Gasteiger partial charge in [-0.3, -0.25) is 9.59 Å². The quantitative estimate of drug-likeness (QED) is 0.142. The van der Waals surface area contributed by atoms with Gasteiger partial charge in [0.2, 0.25) is 0 Å². The smallest absolute Gasteiger partial charge is 0.343 e. The van der Waals surface area contributed by atoms with E-state index in [9.17, 15) is 19.6 Å². The highest BCUT2D eigenvalue weighted by molar-refractivity contribution is 7.16. The zero-order chi connectivity index (χ0) is 27.8. The molecule has 0 saturated heterocycles. The number of amides is 2. The van der Waals surface area contributed by atoms with Crippen molar-refractivity contribution >= 4 is 40.3 Å². The van der Waals surface area contributed by atoms with Crippen LogP contribution in [0.1, 0.15) is 51.7 Å². The van der Waals surface area contributed by atoms with Crippen LogP contribution in [0.15, 0.2) is 47.6 Å². The van der Waals surface area contributed by atoms with Gasteiger partial charge in [-0.25, -0.2) is 10.2 Å². The molecule has 0 fully saturated rings. The van der Waals surface area contributed by atoms with Crippen molar-refractivity contribution in [2.75, 3.05) is 19.0 Å². The summed E-state index contributed by atoms with van der Waals surface area (Å²) < 4.78 is 16.2. The molecular formula is C28H26N4O6S. The lowest BCUT2D eigenvalue weighted by Gasteiger charge is -2.10. The molecule has 3 aromatic rings. The summed E-state index contributed by atoms with van der Waals surface area (Å²) in [6.07, 6.45) is 5.01. The zero-order valence-corrected chi connectivity index (χ0v) is 22.2. The van der Waals surface area contributed by atoms with Crippen LogP contribution in [0.25, 0.3) is 0 Å². The topological polar surface area (TPSA) is 139 Å². The molecule has 0 spiro atoms. The number of ether oxygens (including phenoxy) is 3. The number of nitriles is 1. The fraction of sp³-hybridized carbons (Fsp3) is 0.250. The van der Waals surface area contributed by atoms with E-state index in [4.69, 9.17) is 14.2 Å². The predicted octanol–water partition coefficient (Wildman–Crippen LogP) is 4.21. The molecule has 0 saturated carbocycles. The number of thiophene rings is 1. The number of esters is 1. The van der Waals surface area contributed by atoms with Gasteiger partial charge >= 0.3 is 17.8 Å². The van der Waals surface area contributed by atoms with E-state index < -0.39 is 17.8 Å². The van der Waals surface area contributed by atoms with Gasteiger partial charge in [0.05, 0.1) is 31.1 Å². The van der Waals surface area contributed by atoms with E-state index in [1.54, 1.807) is 36.4 Å². The summed E-state index contributed by atoms with van der Waals surface area (Å²) in [4.78, 5) is 38.2. The van der Waals surface area contributed by atoms with Crippen LogP contribution >= 0.6 is 11.3 Å². The number of fused-ring (bicyclic) bond motifs is 1. The number of methoxy groups -OCH3 is 1. The first-order valence-corrected chi connectivity index (χ1v) is 13.1. The Bertz CT molecular complexity index is 1460. The first-order valence-electron chi connectivity index (χ1n) is 12.3. The number of hydrazone groups is 1. The number of rotatable bonds is 8. The Labute approximate surface area is 229 Å². The minimum atomic E-state index is -0.977. The maximum atomic E-state index is 12.5. The van der Waals surface area contributed by atoms with Gasteiger partial charge in [0.25, 0.3) is 0 Å². The normalized spacial score (nSPS) is 12.2. The van der Waals surface area contributed by atoms with Crippen LogP contribution in [0, 0.1) is 11.3 Å². The zero-order valence-electron chi connectivity index (χ0n) is 21.4. The van der Waals surface area contributed by atoms with Crippen LogP contribution in [0.5, 0.6) is 17.2 Å². The molecule has 0 atom stereocenters. The molecule has 0 bridgehead atoms. The Morgan fingerprint density at radius 3 is 2.56 bits per heavy atom. The summed E-state index contributed by atoms with van der Waals surface area (Å²) in [6.45, 7) is 2.39. The molecule has 0 radical (unpaired) electrons. The van der Waals surface area contributed by atoms with E-state index in [2.05, 4.69) is 21.9 Å². The Hall–Kier alpha value is -4.69. The van der Waals surface area contributed by atoms with Crippen molar-refractivity contribution in [3.05, 3.63) is 69.6 Å². The van der Waals surface area contributed by atoms with E-state index in [1.165, 1.54) is 30.7 Å². The molecule has 2 N–H and O–H groups in total. The first kappa shape index (κ1) is 27.3. The number of carbonyl (C=O) groups excluding carboxylic acids is 3. The molecule has 0 unspecified atom stereocenters. The fourth-order valence-electron chi connectivity index (χ4n) is 4.01. The molecule has 1 heterocycles. The molecule has 10 nitrogen and oxygen atoms in total. The minimum absolute atomic E-state index is 0.198. The van der Waals surface area contributed by atoms with Crippen LogP contribution in [-0.4, -0.2) is 37.7 Å². The number of aryl methyl sites for hydroxylation is 1. The third-order valence-electron chi connectivity index (χ3n) is 5.89.